The van der Waals surface area contributed by atoms with Crippen LogP contribution in [0.25, 0.3) is 22.0 Å². The molecule has 4 aromatic rings. The van der Waals surface area contributed by atoms with Crippen LogP contribution in [0.4, 0.5) is 5.13 Å². The number of aromatic nitrogens is 3. The molecular formula is C21H18N4O2S. The summed E-state index contributed by atoms with van der Waals surface area (Å²) in [5, 5.41) is 11.6. The Balaban J connectivity index is 1.59. The zero-order valence-corrected chi connectivity index (χ0v) is 16.1. The van der Waals surface area contributed by atoms with Crippen LogP contribution in [0.3, 0.4) is 0 Å². The van der Waals surface area contributed by atoms with E-state index in [-0.39, 0.29) is 17.2 Å². The first kappa shape index (κ1) is 18.1. The highest BCUT2D eigenvalue weighted by Crippen LogP contribution is 2.31. The van der Waals surface area contributed by atoms with Crippen molar-refractivity contribution in [1.82, 2.24) is 14.8 Å². The summed E-state index contributed by atoms with van der Waals surface area (Å²) >= 11 is 1.35. The first-order valence-electron chi connectivity index (χ1n) is 8.99. The molecule has 2 aromatic heterocycles. The van der Waals surface area contributed by atoms with Crippen molar-refractivity contribution < 1.29 is 4.79 Å². The van der Waals surface area contributed by atoms with Crippen LogP contribution in [0.5, 0.6) is 0 Å². The number of rotatable bonds is 5. The predicted molar refractivity (Wildman–Crippen MR) is 112 cm³/mol. The Morgan fingerprint density at radius 3 is 2.79 bits per heavy atom. The van der Waals surface area contributed by atoms with Gasteiger partial charge in [0.15, 0.2) is 5.13 Å². The number of carbonyl (C=O) groups excluding carboxylic acids is 1. The monoisotopic (exact) mass is 390 g/mol. The number of anilines is 1. The van der Waals surface area contributed by atoms with E-state index in [1.165, 1.54) is 28.2 Å². The molecule has 0 aliphatic carbocycles. The van der Waals surface area contributed by atoms with Gasteiger partial charge in [-0.25, -0.2) is 9.67 Å². The van der Waals surface area contributed by atoms with Crippen LogP contribution < -0.4 is 10.9 Å². The van der Waals surface area contributed by atoms with Gasteiger partial charge in [0.1, 0.15) is 5.69 Å². The minimum atomic E-state index is -0.385. The Labute approximate surface area is 165 Å². The number of aryl methyl sites for hydroxylation is 1. The molecule has 1 N–H and O–H groups in total. The van der Waals surface area contributed by atoms with Crippen LogP contribution in [-0.4, -0.2) is 20.7 Å². The maximum Gasteiger partial charge on any atom is 0.277 e. The number of thiazole rings is 1. The summed E-state index contributed by atoms with van der Waals surface area (Å²) in [6.07, 6.45) is 0.763. The molecule has 7 heteroatoms. The molecule has 1 amide bonds. The fourth-order valence-electron chi connectivity index (χ4n) is 3.01. The number of amides is 1. The summed E-state index contributed by atoms with van der Waals surface area (Å²) in [5.74, 6) is -0.385. The third kappa shape index (κ3) is 3.57. The lowest BCUT2D eigenvalue weighted by Gasteiger charge is -2.05. The van der Waals surface area contributed by atoms with Crippen molar-refractivity contribution >= 4 is 33.1 Å². The second-order valence-corrected chi connectivity index (χ2v) is 7.16. The molecule has 2 heterocycles. The van der Waals surface area contributed by atoms with Crippen LogP contribution in [0.2, 0.25) is 0 Å². The predicted octanol–water partition coefficient (Wildman–Crippen LogP) is 4.18. The highest BCUT2D eigenvalue weighted by molar-refractivity contribution is 7.14. The first-order chi connectivity index (χ1) is 13.7. The maximum absolute atomic E-state index is 12.5. The van der Waals surface area contributed by atoms with Gasteiger partial charge in [0, 0.05) is 23.6 Å². The number of nitrogens with one attached hydrogen (secondary N) is 1. The SMILES string of the molecule is CCCn1nc(C(=O)Nc2nc(-c3cccc4ccccc34)cs2)ccc1=O. The average Bonchev–Trinajstić information content (AvgIpc) is 3.17. The van der Waals surface area contributed by atoms with Crippen LogP contribution in [0, 0.1) is 0 Å². The smallest absolute Gasteiger partial charge is 0.277 e. The van der Waals surface area contributed by atoms with Crippen molar-refractivity contribution in [2.24, 2.45) is 0 Å². The van der Waals surface area contributed by atoms with E-state index in [9.17, 15) is 9.59 Å². The van der Waals surface area contributed by atoms with Crippen molar-refractivity contribution in [3.63, 3.8) is 0 Å². The molecule has 6 nitrogen and oxygen atoms in total. The zero-order chi connectivity index (χ0) is 19.5. The van der Waals surface area contributed by atoms with Gasteiger partial charge in [-0.2, -0.15) is 5.10 Å². The second-order valence-electron chi connectivity index (χ2n) is 6.30. The molecule has 0 spiro atoms. The normalized spacial score (nSPS) is 10.9. The fourth-order valence-corrected chi connectivity index (χ4v) is 3.71. The summed E-state index contributed by atoms with van der Waals surface area (Å²) in [5.41, 5.74) is 1.80. The minimum absolute atomic E-state index is 0.190. The van der Waals surface area contributed by atoms with E-state index in [1.807, 2.05) is 36.6 Å². The van der Waals surface area contributed by atoms with Crippen LogP contribution >= 0.6 is 11.3 Å². The summed E-state index contributed by atoms with van der Waals surface area (Å²) in [7, 11) is 0. The van der Waals surface area contributed by atoms with Crippen LogP contribution in [0.1, 0.15) is 23.8 Å². The molecule has 0 aliphatic rings. The van der Waals surface area contributed by atoms with Gasteiger partial charge in [-0.05, 0) is 23.3 Å². The third-order valence-corrected chi connectivity index (χ3v) is 5.08. The molecule has 0 bridgehead atoms. The fraction of sp³-hybridized carbons (Fsp3) is 0.143. The number of carbonyl (C=O) groups is 1. The van der Waals surface area contributed by atoms with Gasteiger partial charge in [0.25, 0.3) is 11.5 Å². The van der Waals surface area contributed by atoms with Crippen LogP contribution in [-0.2, 0) is 6.54 Å². The summed E-state index contributed by atoms with van der Waals surface area (Å²) in [6.45, 7) is 2.42. The molecule has 0 fully saturated rings. The van der Waals surface area contributed by atoms with E-state index in [1.54, 1.807) is 0 Å². The molecule has 140 valence electrons. The largest absolute Gasteiger partial charge is 0.296 e. The van der Waals surface area contributed by atoms with Gasteiger partial charge in [-0.1, -0.05) is 49.4 Å². The van der Waals surface area contributed by atoms with Crippen LogP contribution in [0.15, 0.2) is 64.8 Å². The number of hydrogen-bond acceptors (Lipinski definition) is 5. The highest BCUT2D eigenvalue weighted by Gasteiger charge is 2.13. The summed E-state index contributed by atoms with van der Waals surface area (Å²) in [4.78, 5) is 28.8. The molecule has 28 heavy (non-hydrogen) atoms. The number of benzene rings is 2. The van der Waals surface area contributed by atoms with E-state index in [0.717, 1.165) is 28.5 Å². The van der Waals surface area contributed by atoms with Crippen molar-refractivity contribution in [1.29, 1.82) is 0 Å². The van der Waals surface area contributed by atoms with Crippen molar-refractivity contribution in [3.8, 4) is 11.3 Å². The van der Waals surface area contributed by atoms with E-state index < -0.39 is 0 Å². The Morgan fingerprint density at radius 1 is 1.11 bits per heavy atom. The lowest BCUT2D eigenvalue weighted by atomic mass is 10.0. The number of nitrogens with zero attached hydrogens (tertiary/aromatic N) is 3. The lowest BCUT2D eigenvalue weighted by molar-refractivity contribution is 0.101. The molecule has 0 unspecified atom stereocenters. The topological polar surface area (TPSA) is 76.9 Å². The van der Waals surface area contributed by atoms with Gasteiger partial charge in [0.2, 0.25) is 0 Å². The number of fused-ring (bicyclic) bond motifs is 1. The molecule has 0 radical (unpaired) electrons. The number of hydrogen-bond donors (Lipinski definition) is 1. The zero-order valence-electron chi connectivity index (χ0n) is 15.3. The summed E-state index contributed by atoms with van der Waals surface area (Å²) in [6, 6.07) is 17.0. The molecule has 4 rings (SSSR count). The maximum atomic E-state index is 12.5. The third-order valence-electron chi connectivity index (χ3n) is 4.32. The molecular weight excluding hydrogens is 372 g/mol. The van der Waals surface area contributed by atoms with E-state index in [2.05, 4.69) is 33.6 Å². The van der Waals surface area contributed by atoms with Crippen molar-refractivity contribution in [3.05, 3.63) is 76.0 Å². The van der Waals surface area contributed by atoms with Crippen molar-refractivity contribution in [2.75, 3.05) is 5.32 Å². The van der Waals surface area contributed by atoms with Gasteiger partial charge in [-0.3, -0.25) is 14.9 Å². The highest BCUT2D eigenvalue weighted by atomic mass is 32.1. The quantitative estimate of drug-likeness (QED) is 0.554. The standard InChI is InChI=1S/C21H18N4O2S/c1-2-12-25-19(26)11-10-17(24-25)20(27)23-21-22-18(13-28-21)16-9-5-7-14-6-3-4-8-15(14)16/h3-11,13H,2,12H2,1H3,(H,22,23,27). The average molecular weight is 390 g/mol. The van der Waals surface area contributed by atoms with Gasteiger partial charge in [-0.15, -0.1) is 11.3 Å². The second kappa shape index (κ2) is 7.74. The Morgan fingerprint density at radius 2 is 1.93 bits per heavy atom. The molecule has 0 saturated heterocycles. The molecule has 0 saturated carbocycles. The van der Waals surface area contributed by atoms with E-state index in [0.29, 0.717) is 11.7 Å². The Bertz CT molecular complexity index is 1210. The first-order valence-corrected chi connectivity index (χ1v) is 9.87. The van der Waals surface area contributed by atoms with Gasteiger partial charge < -0.3 is 0 Å². The van der Waals surface area contributed by atoms with E-state index in [4.69, 9.17) is 0 Å². The summed E-state index contributed by atoms with van der Waals surface area (Å²) < 4.78 is 1.30. The van der Waals surface area contributed by atoms with Gasteiger partial charge >= 0.3 is 0 Å². The van der Waals surface area contributed by atoms with Crippen molar-refractivity contribution in [2.45, 2.75) is 19.9 Å². The Hall–Kier alpha value is -3.32. The van der Waals surface area contributed by atoms with Gasteiger partial charge in [0.05, 0.1) is 5.69 Å². The molecule has 2 aromatic carbocycles. The Kier molecular flexibility index (Phi) is 4.99. The minimum Gasteiger partial charge on any atom is -0.296 e. The lowest BCUT2D eigenvalue weighted by Crippen LogP contribution is -2.26. The molecule has 0 atom stereocenters. The molecule has 0 aliphatic heterocycles. The van der Waals surface area contributed by atoms with E-state index >= 15 is 0 Å².